The largest absolute Gasteiger partial charge is 0.325 e. The topological polar surface area (TPSA) is 96.3 Å². The van der Waals surface area contributed by atoms with E-state index >= 15 is 0 Å². The molecule has 0 unspecified atom stereocenters. The van der Waals surface area contributed by atoms with Gasteiger partial charge in [-0.25, -0.2) is 9.78 Å². The third kappa shape index (κ3) is 3.74. The lowest BCUT2D eigenvalue weighted by Crippen LogP contribution is -2.49. The van der Waals surface area contributed by atoms with Gasteiger partial charge >= 0.3 is 6.03 Å². The van der Waals surface area contributed by atoms with Gasteiger partial charge in [-0.3, -0.25) is 14.5 Å². The van der Waals surface area contributed by atoms with Crippen LogP contribution >= 0.6 is 0 Å². The number of aromatic nitrogens is 2. The van der Waals surface area contributed by atoms with Crippen LogP contribution in [0.3, 0.4) is 0 Å². The normalized spacial score (nSPS) is 24.0. The maximum absolute atomic E-state index is 12.9. The van der Waals surface area contributed by atoms with Gasteiger partial charge in [0.2, 0.25) is 5.91 Å². The molecule has 0 atom stereocenters. The van der Waals surface area contributed by atoms with E-state index in [-0.39, 0.29) is 12.5 Å². The van der Waals surface area contributed by atoms with Crippen molar-refractivity contribution < 1.29 is 14.4 Å². The molecule has 1 spiro atoms. The van der Waals surface area contributed by atoms with Crippen LogP contribution in [0.5, 0.6) is 0 Å². The Labute approximate surface area is 169 Å². The fraction of sp³-hybridized carbons (Fsp3) is 0.429. The van der Waals surface area contributed by atoms with Crippen LogP contribution in [0.2, 0.25) is 0 Å². The summed E-state index contributed by atoms with van der Waals surface area (Å²) in [6.45, 7) is 1.86. The predicted molar refractivity (Wildman–Crippen MR) is 107 cm³/mol. The fourth-order valence-corrected chi connectivity index (χ4v) is 4.21. The lowest BCUT2D eigenvalue weighted by molar-refractivity contribution is -0.135. The molecule has 0 radical (unpaired) electrons. The Hall–Kier alpha value is -3.16. The Morgan fingerprint density at radius 1 is 1.24 bits per heavy atom. The van der Waals surface area contributed by atoms with Crippen molar-refractivity contribution in [2.75, 3.05) is 11.9 Å². The minimum Gasteiger partial charge on any atom is -0.325 e. The number of benzene rings is 1. The molecule has 2 fully saturated rings. The van der Waals surface area contributed by atoms with Gasteiger partial charge in [0.05, 0.1) is 6.33 Å². The first kappa shape index (κ1) is 19.2. The monoisotopic (exact) mass is 395 g/mol. The molecule has 1 aliphatic carbocycles. The molecule has 4 rings (SSSR count). The minimum absolute atomic E-state index is 0.275. The average molecular weight is 395 g/mol. The van der Waals surface area contributed by atoms with E-state index in [1.54, 1.807) is 24.7 Å². The highest BCUT2D eigenvalue weighted by molar-refractivity contribution is 6.10. The van der Waals surface area contributed by atoms with E-state index in [9.17, 15) is 14.4 Å². The summed E-state index contributed by atoms with van der Waals surface area (Å²) in [6.07, 6.45) is 9.43. The summed E-state index contributed by atoms with van der Waals surface area (Å²) in [7, 11) is 0. The molecule has 1 saturated heterocycles. The lowest BCUT2D eigenvalue weighted by Gasteiger charge is -2.34. The van der Waals surface area contributed by atoms with Crippen LogP contribution in [-0.4, -0.2) is 44.4 Å². The van der Waals surface area contributed by atoms with Gasteiger partial charge in [-0.1, -0.05) is 13.3 Å². The number of nitrogens with zero attached hydrogens (tertiary/aromatic N) is 3. The van der Waals surface area contributed by atoms with Crippen molar-refractivity contribution >= 4 is 23.5 Å². The van der Waals surface area contributed by atoms with E-state index in [1.807, 2.05) is 22.9 Å². The number of rotatable bonds is 5. The molecule has 2 aromatic rings. The predicted octanol–water partition coefficient (Wildman–Crippen LogP) is 2.70. The van der Waals surface area contributed by atoms with Crippen LogP contribution in [0, 0.1) is 5.92 Å². The molecule has 8 heteroatoms. The van der Waals surface area contributed by atoms with E-state index in [1.165, 1.54) is 0 Å². The highest BCUT2D eigenvalue weighted by Gasteiger charge is 2.52. The SMILES string of the molecule is CCC1CCC2(CC1)NC(=O)N(CC(=O)Nc1ccc(-n3ccnc3)cc1)C2=O. The minimum atomic E-state index is -0.824. The zero-order valence-electron chi connectivity index (χ0n) is 16.4. The standard InChI is InChI=1S/C21H25N5O3/c1-2-15-7-9-21(10-8-15)19(28)26(20(29)24-21)13-18(27)23-16-3-5-17(6-4-16)25-12-11-22-14-25/h3-6,11-12,14-15H,2,7-10,13H2,1H3,(H,23,27)(H,24,29). The number of urea groups is 1. The summed E-state index contributed by atoms with van der Waals surface area (Å²) in [5.41, 5.74) is 0.693. The van der Waals surface area contributed by atoms with Crippen molar-refractivity contribution in [1.29, 1.82) is 0 Å². The molecule has 2 N–H and O–H groups in total. The van der Waals surface area contributed by atoms with Gasteiger partial charge in [-0.05, 0) is 55.9 Å². The molecular weight excluding hydrogens is 370 g/mol. The number of hydrogen-bond acceptors (Lipinski definition) is 4. The van der Waals surface area contributed by atoms with E-state index in [0.29, 0.717) is 24.4 Å². The van der Waals surface area contributed by atoms with Gasteiger partial charge in [-0.15, -0.1) is 0 Å². The Kier molecular flexibility index (Phi) is 5.08. The molecule has 2 aliphatic rings. The Bertz CT molecular complexity index is 899. The molecule has 1 aliphatic heterocycles. The van der Waals surface area contributed by atoms with Crippen molar-refractivity contribution in [3.63, 3.8) is 0 Å². The smallest absolute Gasteiger partial charge is 0.325 e. The quantitative estimate of drug-likeness (QED) is 0.761. The van der Waals surface area contributed by atoms with E-state index in [0.717, 1.165) is 29.8 Å². The fourth-order valence-electron chi connectivity index (χ4n) is 4.21. The molecule has 4 amide bonds. The van der Waals surface area contributed by atoms with Gasteiger partial charge < -0.3 is 15.2 Å². The first-order valence-corrected chi connectivity index (χ1v) is 10.0. The van der Waals surface area contributed by atoms with Gasteiger partial charge in [0.15, 0.2) is 0 Å². The third-order valence-electron chi connectivity index (χ3n) is 6.04. The van der Waals surface area contributed by atoms with Crippen LogP contribution in [0.15, 0.2) is 43.0 Å². The van der Waals surface area contributed by atoms with E-state index in [2.05, 4.69) is 22.5 Å². The molecule has 1 aromatic heterocycles. The second-order valence-electron chi connectivity index (χ2n) is 7.82. The number of amides is 4. The van der Waals surface area contributed by atoms with Crippen molar-refractivity contribution in [1.82, 2.24) is 19.8 Å². The highest BCUT2D eigenvalue weighted by Crippen LogP contribution is 2.37. The van der Waals surface area contributed by atoms with Crippen LogP contribution in [0.25, 0.3) is 5.69 Å². The van der Waals surface area contributed by atoms with Gasteiger partial charge in [0, 0.05) is 23.8 Å². The van der Waals surface area contributed by atoms with E-state index < -0.39 is 17.5 Å². The number of imidazole rings is 1. The van der Waals surface area contributed by atoms with Crippen molar-refractivity contribution in [3.05, 3.63) is 43.0 Å². The van der Waals surface area contributed by atoms with Crippen LogP contribution < -0.4 is 10.6 Å². The van der Waals surface area contributed by atoms with Gasteiger partial charge in [0.1, 0.15) is 12.1 Å². The number of carbonyl (C=O) groups excluding carboxylic acids is 3. The van der Waals surface area contributed by atoms with E-state index in [4.69, 9.17) is 0 Å². The summed E-state index contributed by atoms with van der Waals surface area (Å²) in [5, 5.41) is 5.61. The summed E-state index contributed by atoms with van der Waals surface area (Å²) in [4.78, 5) is 42.8. The summed E-state index contributed by atoms with van der Waals surface area (Å²) in [6, 6.07) is 6.77. The lowest BCUT2D eigenvalue weighted by atomic mass is 9.75. The zero-order chi connectivity index (χ0) is 20.4. The summed E-state index contributed by atoms with van der Waals surface area (Å²) >= 11 is 0. The number of anilines is 1. The van der Waals surface area contributed by atoms with Crippen LogP contribution in [0.4, 0.5) is 10.5 Å². The molecule has 152 valence electrons. The third-order valence-corrected chi connectivity index (χ3v) is 6.04. The first-order valence-electron chi connectivity index (χ1n) is 10.0. The number of carbonyl (C=O) groups is 3. The molecule has 0 bridgehead atoms. The van der Waals surface area contributed by atoms with Gasteiger partial charge in [0.25, 0.3) is 5.91 Å². The van der Waals surface area contributed by atoms with Crippen molar-refractivity contribution in [2.45, 2.75) is 44.6 Å². The number of imide groups is 1. The van der Waals surface area contributed by atoms with Crippen molar-refractivity contribution in [3.8, 4) is 5.69 Å². The molecule has 29 heavy (non-hydrogen) atoms. The molecule has 8 nitrogen and oxygen atoms in total. The number of nitrogens with one attached hydrogen (secondary N) is 2. The Balaban J connectivity index is 1.37. The second kappa shape index (κ2) is 7.69. The first-order chi connectivity index (χ1) is 14.0. The second-order valence-corrected chi connectivity index (χ2v) is 7.82. The number of hydrogen-bond donors (Lipinski definition) is 2. The molecule has 1 saturated carbocycles. The Morgan fingerprint density at radius 2 is 1.97 bits per heavy atom. The highest BCUT2D eigenvalue weighted by atomic mass is 16.2. The van der Waals surface area contributed by atoms with Crippen LogP contribution in [-0.2, 0) is 9.59 Å². The maximum Gasteiger partial charge on any atom is 0.325 e. The summed E-state index contributed by atoms with van der Waals surface area (Å²) < 4.78 is 1.85. The molecular formula is C21H25N5O3. The summed E-state index contributed by atoms with van der Waals surface area (Å²) in [5.74, 6) is -0.0706. The van der Waals surface area contributed by atoms with Gasteiger partial charge in [-0.2, -0.15) is 0 Å². The molecule has 1 aromatic carbocycles. The average Bonchev–Trinajstić information content (AvgIpc) is 3.33. The van der Waals surface area contributed by atoms with Crippen molar-refractivity contribution in [2.24, 2.45) is 5.92 Å². The molecule has 2 heterocycles. The maximum atomic E-state index is 12.9. The van der Waals surface area contributed by atoms with Crippen LogP contribution in [0.1, 0.15) is 39.0 Å². The zero-order valence-corrected chi connectivity index (χ0v) is 16.4. The Morgan fingerprint density at radius 3 is 2.59 bits per heavy atom.